The number of benzene rings is 1. The first-order chi connectivity index (χ1) is 8.66. The van der Waals surface area contributed by atoms with Crippen LogP contribution in [0.4, 0.5) is 5.69 Å². The molecule has 1 unspecified atom stereocenters. The summed E-state index contributed by atoms with van der Waals surface area (Å²) < 4.78 is 0. The van der Waals surface area contributed by atoms with Gasteiger partial charge in [0.1, 0.15) is 0 Å². The molecule has 0 saturated heterocycles. The molecule has 0 bridgehead atoms. The minimum absolute atomic E-state index is 0.165. The topological polar surface area (TPSA) is 29.3 Å². The van der Waals surface area contributed by atoms with Crippen molar-refractivity contribution in [1.82, 2.24) is 0 Å². The van der Waals surface area contributed by atoms with E-state index in [1.165, 1.54) is 16.1 Å². The van der Waals surface area contributed by atoms with Gasteiger partial charge in [-0.3, -0.25) is 0 Å². The average Bonchev–Trinajstić information content (AvgIpc) is 2.90. The summed E-state index contributed by atoms with van der Waals surface area (Å²) in [5.41, 5.74) is 8.76. The summed E-state index contributed by atoms with van der Waals surface area (Å²) in [5, 5.41) is 2.08. The van der Waals surface area contributed by atoms with Gasteiger partial charge in [0, 0.05) is 30.7 Å². The normalized spacial score (nSPS) is 12.4. The Labute approximate surface area is 113 Å². The van der Waals surface area contributed by atoms with Gasteiger partial charge in [0.15, 0.2) is 0 Å². The fraction of sp³-hybridized carbons (Fsp3) is 0.333. The molecule has 3 heteroatoms. The first-order valence-electron chi connectivity index (χ1n) is 6.22. The maximum atomic E-state index is 6.17. The molecule has 96 valence electrons. The lowest BCUT2D eigenvalue weighted by molar-refractivity contribution is 0.662. The third-order valence-corrected chi connectivity index (χ3v) is 4.11. The molecule has 2 N–H and O–H groups in total. The highest BCUT2D eigenvalue weighted by Crippen LogP contribution is 2.22. The van der Waals surface area contributed by atoms with Crippen LogP contribution in [-0.4, -0.2) is 14.1 Å². The number of nitrogens with two attached hydrogens (primary N) is 1. The molecular weight excluding hydrogens is 240 g/mol. The summed E-state index contributed by atoms with van der Waals surface area (Å²) in [4.78, 5) is 3.39. The van der Waals surface area contributed by atoms with Gasteiger partial charge >= 0.3 is 0 Å². The molecular formula is C15H20N2S. The van der Waals surface area contributed by atoms with Crippen LogP contribution < -0.4 is 10.6 Å². The van der Waals surface area contributed by atoms with Crippen LogP contribution in [0.25, 0.3) is 0 Å². The van der Waals surface area contributed by atoms with Crippen LogP contribution in [0.1, 0.15) is 22.9 Å². The minimum Gasteiger partial charge on any atom is -0.378 e. The average molecular weight is 260 g/mol. The number of thiophene rings is 1. The van der Waals surface area contributed by atoms with Crippen molar-refractivity contribution in [3.63, 3.8) is 0 Å². The van der Waals surface area contributed by atoms with Gasteiger partial charge in [-0.15, -0.1) is 11.3 Å². The Hall–Kier alpha value is -1.32. The lowest BCUT2D eigenvalue weighted by atomic mass is 10.0. The molecule has 0 aliphatic heterocycles. The number of hydrogen-bond acceptors (Lipinski definition) is 3. The number of rotatable bonds is 5. The molecule has 2 nitrogen and oxygen atoms in total. The van der Waals surface area contributed by atoms with Gasteiger partial charge in [-0.2, -0.15) is 0 Å². The van der Waals surface area contributed by atoms with E-state index in [0.29, 0.717) is 0 Å². The molecule has 18 heavy (non-hydrogen) atoms. The van der Waals surface area contributed by atoms with Crippen molar-refractivity contribution in [2.45, 2.75) is 18.9 Å². The first kappa shape index (κ1) is 13.1. The number of hydrogen-bond donors (Lipinski definition) is 1. The Kier molecular flexibility index (Phi) is 4.39. The molecule has 0 fully saturated rings. The van der Waals surface area contributed by atoms with Gasteiger partial charge in [-0.05, 0) is 42.0 Å². The van der Waals surface area contributed by atoms with Crippen LogP contribution in [0.15, 0.2) is 41.8 Å². The fourth-order valence-electron chi connectivity index (χ4n) is 1.93. The maximum Gasteiger partial charge on any atom is 0.0392 e. The van der Waals surface area contributed by atoms with E-state index in [9.17, 15) is 0 Å². The zero-order valence-electron chi connectivity index (χ0n) is 11.0. The third-order valence-electron chi connectivity index (χ3n) is 3.11. The lowest BCUT2D eigenvalue weighted by Crippen LogP contribution is -2.10. The highest BCUT2D eigenvalue weighted by molar-refractivity contribution is 7.10. The predicted octanol–water partition coefficient (Wildman–Crippen LogP) is 3.45. The van der Waals surface area contributed by atoms with Crippen LogP contribution in [0.5, 0.6) is 0 Å². The standard InChI is InChI=1S/C15H20N2S/c1-17(2)13-8-5-12(6-9-13)7-10-14(16)15-4-3-11-18-15/h3-6,8-9,11,14H,7,10,16H2,1-2H3. The summed E-state index contributed by atoms with van der Waals surface area (Å²) in [6, 6.07) is 13.0. The Morgan fingerprint density at radius 3 is 2.44 bits per heavy atom. The number of aryl methyl sites for hydroxylation is 1. The Morgan fingerprint density at radius 2 is 1.89 bits per heavy atom. The molecule has 1 atom stereocenters. The fourth-order valence-corrected chi connectivity index (χ4v) is 2.69. The van der Waals surface area contributed by atoms with Crippen molar-refractivity contribution in [2.75, 3.05) is 19.0 Å². The molecule has 1 aromatic heterocycles. The zero-order chi connectivity index (χ0) is 13.0. The van der Waals surface area contributed by atoms with Gasteiger partial charge in [0.25, 0.3) is 0 Å². The molecule has 0 aliphatic carbocycles. The second-order valence-electron chi connectivity index (χ2n) is 4.72. The smallest absolute Gasteiger partial charge is 0.0392 e. The van der Waals surface area contributed by atoms with Crippen molar-refractivity contribution in [3.05, 3.63) is 52.2 Å². The molecule has 0 radical (unpaired) electrons. The van der Waals surface area contributed by atoms with Crippen molar-refractivity contribution in [1.29, 1.82) is 0 Å². The maximum absolute atomic E-state index is 6.17. The monoisotopic (exact) mass is 260 g/mol. The molecule has 0 aliphatic rings. The summed E-state index contributed by atoms with van der Waals surface area (Å²) in [5.74, 6) is 0. The van der Waals surface area contributed by atoms with Crippen LogP contribution in [0.3, 0.4) is 0 Å². The van der Waals surface area contributed by atoms with E-state index in [0.717, 1.165) is 12.8 Å². The number of anilines is 1. The predicted molar refractivity (Wildman–Crippen MR) is 80.3 cm³/mol. The van der Waals surface area contributed by atoms with E-state index in [-0.39, 0.29) is 6.04 Å². The van der Waals surface area contributed by atoms with Crippen LogP contribution in [0, 0.1) is 0 Å². The molecule has 0 amide bonds. The Bertz CT molecular complexity index is 460. The number of nitrogens with zero attached hydrogens (tertiary/aromatic N) is 1. The highest BCUT2D eigenvalue weighted by Gasteiger charge is 2.07. The zero-order valence-corrected chi connectivity index (χ0v) is 11.8. The summed E-state index contributed by atoms with van der Waals surface area (Å²) in [7, 11) is 4.11. The Balaban J connectivity index is 1.90. The van der Waals surface area contributed by atoms with Crippen molar-refractivity contribution in [2.24, 2.45) is 5.73 Å². The van der Waals surface area contributed by atoms with E-state index in [2.05, 4.69) is 60.8 Å². The molecule has 0 spiro atoms. The first-order valence-corrected chi connectivity index (χ1v) is 7.10. The van der Waals surface area contributed by atoms with Crippen LogP contribution in [-0.2, 0) is 6.42 Å². The van der Waals surface area contributed by atoms with E-state index in [1.54, 1.807) is 11.3 Å². The van der Waals surface area contributed by atoms with E-state index in [1.807, 2.05) is 0 Å². The van der Waals surface area contributed by atoms with Gasteiger partial charge in [-0.1, -0.05) is 18.2 Å². The Morgan fingerprint density at radius 1 is 1.17 bits per heavy atom. The quantitative estimate of drug-likeness (QED) is 0.892. The van der Waals surface area contributed by atoms with Crippen molar-refractivity contribution < 1.29 is 0 Å². The van der Waals surface area contributed by atoms with Gasteiger partial charge in [0.05, 0.1) is 0 Å². The van der Waals surface area contributed by atoms with Gasteiger partial charge in [0.2, 0.25) is 0 Å². The SMILES string of the molecule is CN(C)c1ccc(CCC(N)c2cccs2)cc1. The van der Waals surface area contributed by atoms with Crippen LogP contribution >= 0.6 is 11.3 Å². The van der Waals surface area contributed by atoms with E-state index in [4.69, 9.17) is 5.73 Å². The molecule has 1 heterocycles. The molecule has 0 saturated carbocycles. The molecule has 2 aromatic rings. The largest absolute Gasteiger partial charge is 0.378 e. The second-order valence-corrected chi connectivity index (χ2v) is 5.70. The van der Waals surface area contributed by atoms with Gasteiger partial charge in [-0.25, -0.2) is 0 Å². The van der Waals surface area contributed by atoms with Crippen LogP contribution in [0.2, 0.25) is 0 Å². The van der Waals surface area contributed by atoms with E-state index < -0.39 is 0 Å². The lowest BCUT2D eigenvalue weighted by Gasteiger charge is -2.13. The summed E-state index contributed by atoms with van der Waals surface area (Å²) >= 11 is 1.74. The molecule has 2 rings (SSSR count). The molecule has 1 aromatic carbocycles. The van der Waals surface area contributed by atoms with E-state index >= 15 is 0 Å². The van der Waals surface area contributed by atoms with Gasteiger partial charge < -0.3 is 10.6 Å². The summed E-state index contributed by atoms with van der Waals surface area (Å²) in [6.07, 6.45) is 2.04. The minimum atomic E-state index is 0.165. The highest BCUT2D eigenvalue weighted by atomic mass is 32.1. The second kappa shape index (κ2) is 6.03. The van der Waals surface area contributed by atoms with Crippen molar-refractivity contribution >= 4 is 17.0 Å². The third kappa shape index (κ3) is 3.34. The summed E-state index contributed by atoms with van der Waals surface area (Å²) in [6.45, 7) is 0. The van der Waals surface area contributed by atoms with Crippen molar-refractivity contribution in [3.8, 4) is 0 Å².